The normalized spacial score (nSPS) is 16.7. The van der Waals surface area contributed by atoms with Gasteiger partial charge in [0, 0.05) is 16.7 Å². The number of sulfonamides is 1. The van der Waals surface area contributed by atoms with Crippen LogP contribution in [0.5, 0.6) is 5.75 Å². The van der Waals surface area contributed by atoms with Crippen LogP contribution in [-0.2, 0) is 16.6 Å². The summed E-state index contributed by atoms with van der Waals surface area (Å²) in [6, 6.07) is 14.9. The van der Waals surface area contributed by atoms with Crippen molar-refractivity contribution in [3.8, 4) is 5.75 Å². The van der Waals surface area contributed by atoms with E-state index in [9.17, 15) is 8.42 Å². The molecule has 0 aliphatic carbocycles. The lowest BCUT2D eigenvalue weighted by Gasteiger charge is -2.31. The van der Waals surface area contributed by atoms with Crippen LogP contribution in [0.1, 0.15) is 5.56 Å². The van der Waals surface area contributed by atoms with Crippen LogP contribution in [0.4, 0.5) is 0 Å². The van der Waals surface area contributed by atoms with Crippen LogP contribution in [0.2, 0.25) is 5.02 Å². The van der Waals surface area contributed by atoms with E-state index in [1.54, 1.807) is 6.07 Å². The van der Waals surface area contributed by atoms with Gasteiger partial charge in [-0.15, -0.1) is 0 Å². The smallest absolute Gasteiger partial charge is 0.247 e. The fraction of sp³-hybridized carbons (Fsp3) is 0.333. The van der Waals surface area contributed by atoms with Gasteiger partial charge in [0.1, 0.15) is 17.2 Å². The molecule has 0 atom stereocenters. The Bertz CT molecular complexity index is 819. The molecule has 134 valence electrons. The molecule has 0 aromatic heterocycles. The average molecular weight is 382 g/mol. The largest absolute Gasteiger partial charge is 0.495 e. The van der Waals surface area contributed by atoms with Crippen LogP contribution in [-0.4, -0.2) is 46.0 Å². The third kappa shape index (κ3) is 4.15. The molecule has 0 amide bonds. The van der Waals surface area contributed by atoms with E-state index in [1.165, 1.54) is 34.0 Å². The van der Waals surface area contributed by atoms with Crippen LogP contribution in [0.15, 0.2) is 53.4 Å². The zero-order chi connectivity index (χ0) is 17.9. The Kier molecular flexibility index (Phi) is 5.64. The third-order valence-corrected chi connectivity index (χ3v) is 6.64. The molecular formula is C18H22ClN2O3S+. The van der Waals surface area contributed by atoms with Gasteiger partial charge in [0.25, 0.3) is 0 Å². The van der Waals surface area contributed by atoms with Crippen molar-refractivity contribution in [1.29, 1.82) is 0 Å². The highest BCUT2D eigenvalue weighted by Gasteiger charge is 2.32. The van der Waals surface area contributed by atoms with Crippen LogP contribution in [0.25, 0.3) is 0 Å². The van der Waals surface area contributed by atoms with Crippen molar-refractivity contribution < 1.29 is 18.1 Å². The average Bonchev–Trinajstić information content (AvgIpc) is 2.62. The molecule has 0 spiro atoms. The van der Waals surface area contributed by atoms with Crippen LogP contribution in [0.3, 0.4) is 0 Å². The number of hydrogen-bond acceptors (Lipinski definition) is 3. The summed E-state index contributed by atoms with van der Waals surface area (Å²) in [7, 11) is -2.13. The van der Waals surface area contributed by atoms with Gasteiger partial charge in [-0.3, -0.25) is 0 Å². The number of nitrogens with one attached hydrogen (secondary N) is 1. The van der Waals surface area contributed by atoms with Gasteiger partial charge in [-0.05, 0) is 12.1 Å². The third-order valence-electron chi connectivity index (χ3n) is 4.47. The number of halogens is 1. The van der Waals surface area contributed by atoms with E-state index >= 15 is 0 Å². The fourth-order valence-electron chi connectivity index (χ4n) is 3.10. The molecule has 1 aliphatic rings. The molecule has 1 N–H and O–H groups in total. The fourth-order valence-corrected chi connectivity index (χ4v) is 4.84. The maximum Gasteiger partial charge on any atom is 0.247 e. The first-order chi connectivity index (χ1) is 12.0. The van der Waals surface area contributed by atoms with Gasteiger partial charge in [0.2, 0.25) is 10.0 Å². The zero-order valence-corrected chi connectivity index (χ0v) is 15.7. The highest BCUT2D eigenvalue weighted by molar-refractivity contribution is 7.89. The van der Waals surface area contributed by atoms with E-state index in [2.05, 4.69) is 12.1 Å². The summed E-state index contributed by atoms with van der Waals surface area (Å²) in [5.41, 5.74) is 1.27. The van der Waals surface area contributed by atoms with Crippen LogP contribution < -0.4 is 9.64 Å². The summed E-state index contributed by atoms with van der Waals surface area (Å²) in [5.74, 6) is 0.284. The number of quaternary nitrogens is 1. The van der Waals surface area contributed by atoms with Crippen LogP contribution >= 0.6 is 11.6 Å². The van der Waals surface area contributed by atoms with Gasteiger partial charge < -0.3 is 9.64 Å². The van der Waals surface area contributed by atoms with Crippen molar-refractivity contribution in [1.82, 2.24) is 4.31 Å². The molecule has 25 heavy (non-hydrogen) atoms. The Balaban J connectivity index is 1.69. The number of ether oxygens (including phenoxy) is 1. The Morgan fingerprint density at radius 1 is 1.12 bits per heavy atom. The molecule has 1 fully saturated rings. The quantitative estimate of drug-likeness (QED) is 0.852. The Labute approximate surface area is 153 Å². The molecule has 3 rings (SSSR count). The second-order valence-electron chi connectivity index (χ2n) is 6.11. The molecule has 0 radical (unpaired) electrons. The molecule has 5 nitrogen and oxygen atoms in total. The highest BCUT2D eigenvalue weighted by atomic mass is 35.5. The summed E-state index contributed by atoms with van der Waals surface area (Å²) >= 11 is 5.94. The van der Waals surface area contributed by atoms with E-state index in [-0.39, 0.29) is 10.6 Å². The molecule has 1 saturated heterocycles. The number of nitrogens with zero attached hydrogens (tertiary/aromatic N) is 1. The van der Waals surface area contributed by atoms with Gasteiger partial charge in [-0.2, -0.15) is 4.31 Å². The highest BCUT2D eigenvalue weighted by Crippen LogP contribution is 2.29. The van der Waals surface area contributed by atoms with Crippen molar-refractivity contribution in [2.75, 3.05) is 33.3 Å². The molecule has 2 aromatic rings. The Hall–Kier alpha value is -1.60. The number of hydrogen-bond donors (Lipinski definition) is 1. The number of piperazine rings is 1. The molecule has 1 heterocycles. The lowest BCUT2D eigenvalue weighted by atomic mass is 10.2. The second kappa shape index (κ2) is 7.74. The van der Waals surface area contributed by atoms with Gasteiger partial charge in [-0.1, -0.05) is 41.9 Å². The van der Waals surface area contributed by atoms with E-state index in [0.29, 0.717) is 18.1 Å². The van der Waals surface area contributed by atoms with Gasteiger partial charge in [0.15, 0.2) is 0 Å². The molecule has 7 heteroatoms. The van der Waals surface area contributed by atoms with E-state index in [1.807, 2.05) is 18.2 Å². The minimum absolute atomic E-state index is 0.172. The monoisotopic (exact) mass is 381 g/mol. The molecular weight excluding hydrogens is 360 g/mol. The van der Waals surface area contributed by atoms with Gasteiger partial charge in [0.05, 0.1) is 33.3 Å². The number of benzene rings is 2. The maximum absolute atomic E-state index is 12.9. The second-order valence-corrected chi connectivity index (χ2v) is 8.45. The minimum atomic E-state index is -3.58. The van der Waals surface area contributed by atoms with Crippen molar-refractivity contribution in [3.63, 3.8) is 0 Å². The predicted octanol–water partition coefficient (Wildman–Crippen LogP) is 1.44. The number of methoxy groups -OCH3 is 1. The topological polar surface area (TPSA) is 51.1 Å². The summed E-state index contributed by atoms with van der Waals surface area (Å²) in [5, 5.41) is 0.452. The first-order valence-electron chi connectivity index (χ1n) is 8.22. The lowest BCUT2D eigenvalue weighted by molar-refractivity contribution is -0.917. The summed E-state index contributed by atoms with van der Waals surface area (Å²) in [4.78, 5) is 1.56. The van der Waals surface area contributed by atoms with E-state index < -0.39 is 10.0 Å². The first-order valence-corrected chi connectivity index (χ1v) is 10.0. The van der Waals surface area contributed by atoms with Crippen molar-refractivity contribution in [2.24, 2.45) is 0 Å². The summed E-state index contributed by atoms with van der Waals surface area (Å²) in [6.07, 6.45) is 0. The SMILES string of the molecule is COc1cc(Cl)ccc1S(=O)(=O)N1CC[NH+](Cc2ccccc2)CC1. The lowest BCUT2D eigenvalue weighted by Crippen LogP contribution is -3.13. The molecule has 0 bridgehead atoms. The first kappa shape index (κ1) is 18.2. The standard InChI is InChI=1S/C18H21ClN2O3S/c1-24-17-13-16(19)7-8-18(17)25(22,23)21-11-9-20(10-12-21)14-15-5-3-2-4-6-15/h2-8,13H,9-12,14H2,1H3/p+1. The Morgan fingerprint density at radius 2 is 1.80 bits per heavy atom. The van der Waals surface area contributed by atoms with Gasteiger partial charge >= 0.3 is 0 Å². The maximum atomic E-state index is 12.9. The summed E-state index contributed by atoms with van der Waals surface area (Å²) in [6.45, 7) is 3.47. The Morgan fingerprint density at radius 3 is 2.44 bits per heavy atom. The number of rotatable bonds is 5. The minimum Gasteiger partial charge on any atom is -0.495 e. The van der Waals surface area contributed by atoms with E-state index in [0.717, 1.165) is 19.6 Å². The van der Waals surface area contributed by atoms with Gasteiger partial charge in [-0.25, -0.2) is 8.42 Å². The van der Waals surface area contributed by atoms with Crippen molar-refractivity contribution in [2.45, 2.75) is 11.4 Å². The summed E-state index contributed by atoms with van der Waals surface area (Å²) < 4.78 is 32.6. The zero-order valence-electron chi connectivity index (χ0n) is 14.1. The van der Waals surface area contributed by atoms with Crippen molar-refractivity contribution >= 4 is 21.6 Å². The van der Waals surface area contributed by atoms with Crippen LogP contribution in [0, 0.1) is 0 Å². The van der Waals surface area contributed by atoms with E-state index in [4.69, 9.17) is 16.3 Å². The molecule has 1 aliphatic heterocycles. The molecule has 2 aromatic carbocycles. The molecule has 0 unspecified atom stereocenters. The molecule has 0 saturated carbocycles. The van der Waals surface area contributed by atoms with Crippen molar-refractivity contribution in [3.05, 3.63) is 59.1 Å². The predicted molar refractivity (Wildman–Crippen MR) is 97.6 cm³/mol.